The standard InChI is InChI=1S/C19H22N2O3/c1-21-10-9-13-11-14(7-8-16(13)21)17(22)12-20-19(23)15-5-3-4-6-18(15)24-2/h3-8,11,17,22H,9-10,12H2,1-2H3,(H,20,23). The van der Waals surface area contributed by atoms with Gasteiger partial charge in [-0.3, -0.25) is 4.79 Å². The number of benzene rings is 2. The minimum absolute atomic E-state index is 0.158. The highest BCUT2D eigenvalue weighted by molar-refractivity contribution is 5.96. The number of carbonyl (C=O) groups is 1. The summed E-state index contributed by atoms with van der Waals surface area (Å²) in [5, 5.41) is 13.1. The molecule has 0 spiro atoms. The molecule has 1 amide bonds. The molecule has 2 aromatic rings. The summed E-state index contributed by atoms with van der Waals surface area (Å²) in [7, 11) is 3.60. The Balaban J connectivity index is 1.65. The third-order valence-corrected chi connectivity index (χ3v) is 4.42. The number of nitrogens with zero attached hydrogens (tertiary/aromatic N) is 1. The van der Waals surface area contributed by atoms with Crippen molar-refractivity contribution in [2.45, 2.75) is 12.5 Å². The molecule has 126 valence electrons. The molecule has 0 aliphatic carbocycles. The molecule has 1 aliphatic heterocycles. The number of amides is 1. The lowest BCUT2D eigenvalue weighted by molar-refractivity contribution is 0.0913. The zero-order valence-corrected chi connectivity index (χ0v) is 14.0. The molecule has 2 N–H and O–H groups in total. The number of fused-ring (bicyclic) bond motifs is 1. The number of hydrogen-bond donors (Lipinski definition) is 2. The number of ether oxygens (including phenoxy) is 1. The number of methoxy groups -OCH3 is 1. The van der Waals surface area contributed by atoms with Crippen LogP contribution in [0.2, 0.25) is 0 Å². The molecule has 0 radical (unpaired) electrons. The molecule has 3 rings (SSSR count). The van der Waals surface area contributed by atoms with Crippen molar-refractivity contribution in [3.63, 3.8) is 0 Å². The van der Waals surface area contributed by atoms with Gasteiger partial charge in [-0.05, 0) is 35.7 Å². The largest absolute Gasteiger partial charge is 0.496 e. The van der Waals surface area contributed by atoms with E-state index in [-0.39, 0.29) is 12.5 Å². The van der Waals surface area contributed by atoms with Gasteiger partial charge in [-0.1, -0.05) is 24.3 Å². The second-order valence-electron chi connectivity index (χ2n) is 5.99. The van der Waals surface area contributed by atoms with E-state index in [4.69, 9.17) is 4.74 Å². The number of aliphatic hydroxyl groups excluding tert-OH is 1. The third kappa shape index (κ3) is 3.21. The molecular weight excluding hydrogens is 304 g/mol. The van der Waals surface area contributed by atoms with Crippen LogP contribution in [0, 0.1) is 0 Å². The predicted octanol–water partition coefficient (Wildman–Crippen LogP) is 2.15. The van der Waals surface area contributed by atoms with Crippen LogP contribution in [0.5, 0.6) is 5.75 Å². The van der Waals surface area contributed by atoms with Gasteiger partial charge in [0.2, 0.25) is 0 Å². The second kappa shape index (κ2) is 6.93. The van der Waals surface area contributed by atoms with E-state index in [0.717, 1.165) is 18.5 Å². The molecule has 5 nitrogen and oxygen atoms in total. The number of rotatable bonds is 5. The quantitative estimate of drug-likeness (QED) is 0.884. The lowest BCUT2D eigenvalue weighted by Gasteiger charge is -2.16. The number of aliphatic hydroxyl groups is 1. The van der Waals surface area contributed by atoms with Crippen molar-refractivity contribution in [2.75, 3.05) is 32.1 Å². The molecule has 2 aromatic carbocycles. The molecule has 24 heavy (non-hydrogen) atoms. The average Bonchev–Trinajstić information content (AvgIpc) is 2.99. The summed E-state index contributed by atoms with van der Waals surface area (Å²) in [6.45, 7) is 1.16. The Bertz CT molecular complexity index is 745. The summed E-state index contributed by atoms with van der Waals surface area (Å²) in [6, 6.07) is 13.0. The maximum Gasteiger partial charge on any atom is 0.255 e. The van der Waals surface area contributed by atoms with Gasteiger partial charge in [0.25, 0.3) is 5.91 Å². The summed E-state index contributed by atoms with van der Waals surface area (Å²) in [5.74, 6) is 0.262. The van der Waals surface area contributed by atoms with E-state index < -0.39 is 6.10 Å². The van der Waals surface area contributed by atoms with Gasteiger partial charge in [0.1, 0.15) is 5.75 Å². The lowest BCUT2D eigenvalue weighted by atomic mass is 10.0. The fourth-order valence-electron chi connectivity index (χ4n) is 3.03. The van der Waals surface area contributed by atoms with Gasteiger partial charge in [0.15, 0.2) is 0 Å². The fourth-order valence-corrected chi connectivity index (χ4v) is 3.03. The van der Waals surface area contributed by atoms with Gasteiger partial charge >= 0.3 is 0 Å². The first-order valence-corrected chi connectivity index (χ1v) is 8.03. The SMILES string of the molecule is COc1ccccc1C(=O)NCC(O)c1ccc2c(c1)CCN2C. The first-order chi connectivity index (χ1) is 11.6. The van der Waals surface area contributed by atoms with Crippen LogP contribution in [0.25, 0.3) is 0 Å². The lowest BCUT2D eigenvalue weighted by Crippen LogP contribution is -2.28. The van der Waals surface area contributed by atoms with Crippen molar-refractivity contribution in [1.29, 1.82) is 0 Å². The highest BCUT2D eigenvalue weighted by Gasteiger charge is 2.19. The molecule has 0 fully saturated rings. The van der Waals surface area contributed by atoms with Crippen LogP contribution in [-0.2, 0) is 6.42 Å². The highest BCUT2D eigenvalue weighted by Crippen LogP contribution is 2.29. The van der Waals surface area contributed by atoms with Crippen molar-refractivity contribution >= 4 is 11.6 Å². The summed E-state index contributed by atoms with van der Waals surface area (Å²) < 4.78 is 5.19. The monoisotopic (exact) mass is 326 g/mol. The molecule has 0 saturated carbocycles. The number of hydrogen-bond acceptors (Lipinski definition) is 4. The van der Waals surface area contributed by atoms with Gasteiger partial charge in [0, 0.05) is 25.8 Å². The minimum Gasteiger partial charge on any atom is -0.496 e. The highest BCUT2D eigenvalue weighted by atomic mass is 16.5. The van der Waals surface area contributed by atoms with Crippen LogP contribution in [0.4, 0.5) is 5.69 Å². The molecular formula is C19H22N2O3. The van der Waals surface area contributed by atoms with Gasteiger partial charge in [-0.25, -0.2) is 0 Å². The summed E-state index contributed by atoms with van der Waals surface area (Å²) in [4.78, 5) is 14.5. The normalized spacial score (nSPS) is 14.2. The Morgan fingerprint density at radius 2 is 2.12 bits per heavy atom. The van der Waals surface area contributed by atoms with Crippen molar-refractivity contribution in [1.82, 2.24) is 5.32 Å². The number of anilines is 1. The maximum absolute atomic E-state index is 12.3. The Hall–Kier alpha value is -2.53. The molecule has 1 heterocycles. The van der Waals surface area contributed by atoms with Gasteiger partial charge in [0.05, 0.1) is 18.8 Å². The van der Waals surface area contributed by atoms with Crippen molar-refractivity contribution in [3.8, 4) is 5.75 Å². The van der Waals surface area contributed by atoms with Crippen LogP contribution in [0.1, 0.15) is 27.6 Å². The van der Waals surface area contributed by atoms with E-state index in [1.54, 1.807) is 18.2 Å². The smallest absolute Gasteiger partial charge is 0.255 e. The minimum atomic E-state index is -0.736. The van der Waals surface area contributed by atoms with E-state index in [2.05, 4.69) is 17.3 Å². The van der Waals surface area contributed by atoms with Crippen LogP contribution >= 0.6 is 0 Å². The number of nitrogens with one attached hydrogen (secondary N) is 1. The summed E-state index contributed by atoms with van der Waals surface area (Å²) in [6.07, 6.45) is 0.250. The van der Waals surface area contributed by atoms with E-state index in [0.29, 0.717) is 11.3 Å². The molecule has 0 aromatic heterocycles. The zero-order chi connectivity index (χ0) is 17.1. The topological polar surface area (TPSA) is 61.8 Å². The Labute approximate surface area is 141 Å². The first-order valence-electron chi connectivity index (χ1n) is 8.03. The Morgan fingerprint density at radius 1 is 1.33 bits per heavy atom. The van der Waals surface area contributed by atoms with E-state index in [1.807, 2.05) is 24.3 Å². The average molecular weight is 326 g/mol. The summed E-state index contributed by atoms with van der Waals surface area (Å²) >= 11 is 0. The number of para-hydroxylation sites is 1. The third-order valence-electron chi connectivity index (χ3n) is 4.42. The predicted molar refractivity (Wildman–Crippen MR) is 93.7 cm³/mol. The van der Waals surface area contributed by atoms with E-state index in [9.17, 15) is 9.90 Å². The van der Waals surface area contributed by atoms with E-state index >= 15 is 0 Å². The van der Waals surface area contributed by atoms with Crippen LogP contribution in [0.15, 0.2) is 42.5 Å². The van der Waals surface area contributed by atoms with E-state index in [1.165, 1.54) is 18.4 Å². The molecule has 1 unspecified atom stereocenters. The van der Waals surface area contributed by atoms with Crippen molar-refractivity contribution in [3.05, 3.63) is 59.2 Å². The number of carbonyl (C=O) groups excluding carboxylic acids is 1. The first kappa shape index (κ1) is 16.3. The van der Waals surface area contributed by atoms with Crippen LogP contribution in [0.3, 0.4) is 0 Å². The van der Waals surface area contributed by atoms with Gasteiger partial charge < -0.3 is 20.1 Å². The molecule has 5 heteroatoms. The zero-order valence-electron chi connectivity index (χ0n) is 14.0. The number of likely N-dealkylation sites (N-methyl/N-ethyl adjacent to an activating group) is 1. The van der Waals surface area contributed by atoms with Crippen molar-refractivity contribution < 1.29 is 14.6 Å². The fraction of sp³-hybridized carbons (Fsp3) is 0.316. The molecule has 0 bridgehead atoms. The van der Waals surface area contributed by atoms with Crippen molar-refractivity contribution in [2.24, 2.45) is 0 Å². The molecule has 1 aliphatic rings. The maximum atomic E-state index is 12.3. The van der Waals surface area contributed by atoms with Crippen LogP contribution < -0.4 is 15.0 Å². The molecule has 1 atom stereocenters. The Kier molecular flexibility index (Phi) is 4.71. The molecule has 0 saturated heterocycles. The summed E-state index contributed by atoms with van der Waals surface area (Å²) in [5.41, 5.74) is 3.74. The second-order valence-corrected chi connectivity index (χ2v) is 5.99. The van der Waals surface area contributed by atoms with Gasteiger partial charge in [-0.15, -0.1) is 0 Å². The van der Waals surface area contributed by atoms with Crippen LogP contribution in [-0.4, -0.2) is 38.3 Å². The Morgan fingerprint density at radius 3 is 2.92 bits per heavy atom. The van der Waals surface area contributed by atoms with Gasteiger partial charge in [-0.2, -0.15) is 0 Å².